The zero-order valence-corrected chi connectivity index (χ0v) is 29.9. The summed E-state index contributed by atoms with van der Waals surface area (Å²) < 4.78 is 2.08. The number of fused-ring (bicyclic) bond motifs is 7. The van der Waals surface area contributed by atoms with E-state index in [2.05, 4.69) is 174 Å². The highest BCUT2D eigenvalue weighted by Crippen LogP contribution is 2.59. The number of hydrogen-bond acceptors (Lipinski definition) is 1. The molecule has 0 amide bonds. The molecule has 0 N–H and O–H groups in total. The molecule has 1 aliphatic carbocycles. The summed E-state index contributed by atoms with van der Waals surface area (Å²) in [4.78, 5) is 4.88. The highest BCUT2D eigenvalue weighted by Gasteiger charge is 2.32. The van der Waals surface area contributed by atoms with E-state index < -0.39 is 0 Å². The van der Waals surface area contributed by atoms with Crippen molar-refractivity contribution >= 4 is 48.7 Å². The number of hydrogen-bond donors (Lipinski definition) is 0. The van der Waals surface area contributed by atoms with Gasteiger partial charge in [-0.2, -0.15) is 0 Å². The molecule has 0 saturated heterocycles. The molecule has 0 bridgehead atoms. The first-order valence-corrected chi connectivity index (χ1v) is 19.0. The minimum absolute atomic E-state index is 0.951. The molecule has 0 radical (unpaired) electrons. The average molecular weight is 697 g/mol. The van der Waals surface area contributed by atoms with Crippen LogP contribution in [0.3, 0.4) is 0 Å². The first-order valence-electron chi connectivity index (χ1n) is 19.0. The highest BCUT2D eigenvalue weighted by molar-refractivity contribution is 6.30. The monoisotopic (exact) mass is 696 g/mol. The largest absolute Gasteiger partial charge is 0.306 e. The Labute approximate surface area is 318 Å². The smallest absolute Gasteiger partial charge is 0.137 e. The van der Waals surface area contributed by atoms with Crippen LogP contribution >= 0.6 is 0 Å². The average Bonchev–Trinajstić information content (AvgIpc) is 3.83. The van der Waals surface area contributed by atoms with Gasteiger partial charge in [-0.3, -0.25) is 0 Å². The van der Waals surface area contributed by atoms with Gasteiger partial charge in [-0.1, -0.05) is 170 Å². The molecule has 0 aliphatic heterocycles. The Morgan fingerprint density at radius 1 is 0.327 bits per heavy atom. The van der Waals surface area contributed by atoms with Crippen LogP contribution < -0.4 is 0 Å². The Balaban J connectivity index is 1.16. The van der Waals surface area contributed by atoms with E-state index in [1.807, 2.05) is 24.4 Å². The van der Waals surface area contributed by atoms with E-state index in [4.69, 9.17) is 4.98 Å². The van der Waals surface area contributed by atoms with E-state index in [1.54, 1.807) is 0 Å². The third kappa shape index (κ3) is 4.40. The predicted molar refractivity (Wildman–Crippen MR) is 231 cm³/mol. The lowest BCUT2D eigenvalue weighted by atomic mass is 9.81. The lowest BCUT2D eigenvalue weighted by molar-refractivity contribution is 1.19. The van der Waals surface area contributed by atoms with E-state index in [1.165, 1.54) is 98.7 Å². The molecule has 0 unspecified atom stereocenters. The van der Waals surface area contributed by atoms with E-state index in [0.29, 0.717) is 0 Å². The van der Waals surface area contributed by atoms with Gasteiger partial charge in [0.25, 0.3) is 0 Å². The van der Waals surface area contributed by atoms with Gasteiger partial charge in [0.05, 0.1) is 5.69 Å². The first kappa shape index (κ1) is 30.2. The van der Waals surface area contributed by atoms with Crippen LogP contribution in [-0.4, -0.2) is 9.38 Å². The number of imidazole rings is 1. The third-order valence-corrected chi connectivity index (χ3v) is 11.8. The van der Waals surface area contributed by atoms with Crippen molar-refractivity contribution in [2.45, 2.75) is 0 Å². The van der Waals surface area contributed by atoms with Gasteiger partial charge in [0.15, 0.2) is 0 Å². The summed E-state index contributed by atoms with van der Waals surface area (Å²) in [5.41, 5.74) is 15.8. The summed E-state index contributed by atoms with van der Waals surface area (Å²) in [6, 6.07) is 66.9. The van der Waals surface area contributed by atoms with Gasteiger partial charge in [0.2, 0.25) is 0 Å². The van der Waals surface area contributed by atoms with Gasteiger partial charge >= 0.3 is 0 Å². The number of rotatable bonds is 4. The van der Waals surface area contributed by atoms with Gasteiger partial charge in [-0.05, 0) is 111 Å². The van der Waals surface area contributed by atoms with Crippen LogP contribution in [-0.2, 0) is 0 Å². The van der Waals surface area contributed by atoms with Crippen molar-refractivity contribution in [3.63, 3.8) is 0 Å². The molecule has 0 atom stereocenters. The highest BCUT2D eigenvalue weighted by atomic mass is 15.0. The third-order valence-electron chi connectivity index (χ3n) is 11.8. The molecule has 2 nitrogen and oxygen atoms in total. The second-order valence-corrected chi connectivity index (χ2v) is 14.7. The Bertz CT molecular complexity index is 3190. The normalized spacial score (nSPS) is 12.0. The number of aromatic nitrogens is 2. The molecule has 254 valence electrons. The molecule has 11 aromatic rings. The molecular formula is C53H32N2. The maximum absolute atomic E-state index is 4.88. The van der Waals surface area contributed by atoms with Gasteiger partial charge in [-0.15, -0.1) is 0 Å². The minimum atomic E-state index is 0.951. The van der Waals surface area contributed by atoms with E-state index in [0.717, 1.165) is 16.9 Å². The SMILES string of the molecule is c1ccc2c(-c3c4c(c(-c5cccc6ccccc56)c5ccccc35)-c3ccc(-c5ccc(-c6cn7ccccc7n6)cc5)c5cccc-4c35)cccc2c1. The zero-order chi connectivity index (χ0) is 36.0. The Kier molecular flexibility index (Phi) is 6.37. The molecule has 0 fully saturated rings. The molecule has 9 aromatic carbocycles. The van der Waals surface area contributed by atoms with Crippen LogP contribution in [0.4, 0.5) is 0 Å². The molecule has 2 heteroatoms. The van der Waals surface area contributed by atoms with Crippen LogP contribution in [0.2, 0.25) is 0 Å². The molecular weight excluding hydrogens is 665 g/mol. The summed E-state index contributed by atoms with van der Waals surface area (Å²) in [7, 11) is 0. The van der Waals surface area contributed by atoms with Crippen molar-refractivity contribution < 1.29 is 0 Å². The first-order chi connectivity index (χ1) is 27.3. The van der Waals surface area contributed by atoms with Crippen molar-refractivity contribution in [1.29, 1.82) is 0 Å². The summed E-state index contributed by atoms with van der Waals surface area (Å²) in [6.07, 6.45) is 4.15. The zero-order valence-electron chi connectivity index (χ0n) is 29.9. The molecule has 2 aromatic heterocycles. The molecule has 12 rings (SSSR count). The van der Waals surface area contributed by atoms with E-state index >= 15 is 0 Å². The summed E-state index contributed by atoms with van der Waals surface area (Å²) in [5, 5.41) is 10.2. The standard InChI is InChI=1S/C53H32N2/c1-3-16-37-33(12-1)14-9-20-41(37)50-43-18-5-6-19-44(43)51(42-21-10-15-34-13-2-4-17-38(34)42)53-46-30-29-39(40-22-11-23-45(49(40)46)52(50)53)35-25-27-36(28-26-35)47-32-55-31-8-7-24-48(55)54-47/h1-32H. The quantitative estimate of drug-likeness (QED) is 0.179. The van der Waals surface area contributed by atoms with Crippen molar-refractivity contribution in [3.8, 4) is 66.9 Å². The summed E-state index contributed by atoms with van der Waals surface area (Å²) in [5.74, 6) is 0. The van der Waals surface area contributed by atoms with Gasteiger partial charge in [-0.25, -0.2) is 4.98 Å². The maximum atomic E-state index is 4.88. The van der Waals surface area contributed by atoms with Crippen molar-refractivity contribution in [2.24, 2.45) is 0 Å². The van der Waals surface area contributed by atoms with Crippen LogP contribution in [0.15, 0.2) is 194 Å². The maximum Gasteiger partial charge on any atom is 0.137 e. The van der Waals surface area contributed by atoms with Crippen LogP contribution in [0, 0.1) is 0 Å². The topological polar surface area (TPSA) is 17.3 Å². The van der Waals surface area contributed by atoms with E-state index in [-0.39, 0.29) is 0 Å². The fraction of sp³-hybridized carbons (Fsp3) is 0. The van der Waals surface area contributed by atoms with Crippen molar-refractivity contribution in [2.75, 3.05) is 0 Å². The van der Waals surface area contributed by atoms with E-state index in [9.17, 15) is 0 Å². The fourth-order valence-corrected chi connectivity index (χ4v) is 9.39. The molecule has 1 aliphatic rings. The second kappa shape index (κ2) is 11.6. The lowest BCUT2D eigenvalue weighted by Crippen LogP contribution is -1.94. The van der Waals surface area contributed by atoms with Crippen molar-refractivity contribution in [3.05, 3.63) is 194 Å². The number of pyridine rings is 1. The van der Waals surface area contributed by atoms with Gasteiger partial charge in [0.1, 0.15) is 5.65 Å². The van der Waals surface area contributed by atoms with Crippen LogP contribution in [0.5, 0.6) is 0 Å². The molecule has 2 heterocycles. The second-order valence-electron chi connectivity index (χ2n) is 14.7. The summed E-state index contributed by atoms with van der Waals surface area (Å²) in [6.45, 7) is 0. The lowest BCUT2D eigenvalue weighted by Gasteiger charge is -2.22. The van der Waals surface area contributed by atoms with Gasteiger partial charge in [0, 0.05) is 18.0 Å². The number of benzene rings is 9. The summed E-state index contributed by atoms with van der Waals surface area (Å²) >= 11 is 0. The Hall–Kier alpha value is -7.29. The van der Waals surface area contributed by atoms with Gasteiger partial charge < -0.3 is 4.40 Å². The Morgan fingerprint density at radius 3 is 1.47 bits per heavy atom. The van der Waals surface area contributed by atoms with Crippen molar-refractivity contribution in [1.82, 2.24) is 9.38 Å². The Morgan fingerprint density at radius 2 is 0.818 bits per heavy atom. The predicted octanol–water partition coefficient (Wildman–Crippen LogP) is 14.3. The number of nitrogens with zero attached hydrogens (tertiary/aromatic N) is 2. The van der Waals surface area contributed by atoms with Crippen LogP contribution in [0.1, 0.15) is 0 Å². The molecule has 0 spiro atoms. The molecule has 55 heavy (non-hydrogen) atoms. The van der Waals surface area contributed by atoms with Crippen LogP contribution in [0.25, 0.3) is 116 Å². The minimum Gasteiger partial charge on any atom is -0.306 e. The fourth-order valence-electron chi connectivity index (χ4n) is 9.39. The molecule has 0 saturated carbocycles.